The van der Waals surface area contributed by atoms with E-state index in [1.54, 1.807) is 40.1 Å². The highest BCUT2D eigenvalue weighted by molar-refractivity contribution is 6.34. The van der Waals surface area contributed by atoms with Crippen molar-refractivity contribution in [2.45, 2.75) is 140 Å². The van der Waals surface area contributed by atoms with Gasteiger partial charge in [0.05, 0.1) is 109 Å². The van der Waals surface area contributed by atoms with Gasteiger partial charge < -0.3 is 87.5 Å². The summed E-state index contributed by atoms with van der Waals surface area (Å²) in [6.07, 6.45) is 1.15. The molecule has 0 radical (unpaired) electrons. The molecular formula is C79H106ClN7O19. The number of carbonyl (C=O) groups excluding carboxylic acids is 7. The molecule has 0 spiro atoms. The Morgan fingerprint density at radius 2 is 1.40 bits per heavy atom. The molecule has 0 saturated carbocycles. The van der Waals surface area contributed by atoms with Crippen LogP contribution in [-0.2, 0) is 95.6 Å². The van der Waals surface area contributed by atoms with Crippen molar-refractivity contribution >= 4 is 69.9 Å². The fourth-order valence-corrected chi connectivity index (χ4v) is 13.5. The minimum atomic E-state index is -1.85. The third-order valence-electron chi connectivity index (χ3n) is 19.5. The number of aliphatic hydroxyl groups is 1. The molecule has 27 heteroatoms. The number of methoxy groups -OCH3 is 1. The number of ether oxygens (including phenoxy) is 11. The normalized spacial score (nSPS) is 21.7. The van der Waals surface area contributed by atoms with Crippen LogP contribution < -0.4 is 26.2 Å². The Kier molecular flexibility index (Phi) is 32.5. The molecule has 9 rings (SSSR count). The number of rotatable bonds is 35. The molecule has 5 N–H and O–H groups in total. The van der Waals surface area contributed by atoms with Crippen LogP contribution in [0.5, 0.6) is 0 Å². The van der Waals surface area contributed by atoms with Crippen molar-refractivity contribution < 1.29 is 90.8 Å². The van der Waals surface area contributed by atoms with Crippen molar-refractivity contribution in [3.63, 3.8) is 0 Å². The highest BCUT2D eigenvalue weighted by Gasteiger charge is 2.64. The number of alkyl carbamates (subject to hydrolysis) is 2. The van der Waals surface area contributed by atoms with Gasteiger partial charge in [-0.3, -0.25) is 24.5 Å². The van der Waals surface area contributed by atoms with E-state index in [-0.39, 0.29) is 81.5 Å². The van der Waals surface area contributed by atoms with Gasteiger partial charge in [-0.2, -0.15) is 0 Å². The predicted octanol–water partition coefficient (Wildman–Crippen LogP) is 8.69. The summed E-state index contributed by atoms with van der Waals surface area (Å²) in [6, 6.07) is 29.5. The van der Waals surface area contributed by atoms with Gasteiger partial charge in [0.15, 0.2) is 5.72 Å². The Morgan fingerprint density at radius 3 is 2.02 bits per heavy atom. The van der Waals surface area contributed by atoms with E-state index in [1.165, 1.54) is 53.1 Å². The van der Waals surface area contributed by atoms with E-state index in [9.17, 15) is 38.7 Å². The monoisotopic (exact) mass is 1490 g/mol. The van der Waals surface area contributed by atoms with Gasteiger partial charge in [-0.25, -0.2) is 14.4 Å². The fourth-order valence-electron chi connectivity index (χ4n) is 13.3. The fraction of sp³-hybridized carbons (Fsp3) is 0.532. The van der Waals surface area contributed by atoms with Crippen molar-refractivity contribution in [2.24, 2.45) is 5.92 Å². The molecule has 4 aliphatic rings. The highest BCUT2D eigenvalue weighted by atomic mass is 35.5. The van der Waals surface area contributed by atoms with E-state index in [0.717, 1.165) is 33.3 Å². The maximum Gasteiger partial charge on any atom is 0.409 e. The van der Waals surface area contributed by atoms with Crippen LogP contribution in [0.15, 0.2) is 115 Å². The number of aryl methyl sites for hydroxylation is 2. The zero-order valence-corrected chi connectivity index (χ0v) is 63.5. The van der Waals surface area contributed by atoms with Gasteiger partial charge in [0.25, 0.3) is 0 Å². The molecule has 2 saturated heterocycles. The van der Waals surface area contributed by atoms with Gasteiger partial charge in [0.1, 0.15) is 42.3 Å². The molecule has 4 aromatic carbocycles. The summed E-state index contributed by atoms with van der Waals surface area (Å²) in [5.74, 6) is -2.13. The quantitative estimate of drug-likeness (QED) is 0.0110. The lowest BCUT2D eigenvalue weighted by Crippen LogP contribution is -2.63. The number of carbonyl (C=O) groups is 7. The molecule has 3 aliphatic heterocycles. The number of nitrogens with zero attached hydrogens (tertiary/aromatic N) is 3. The second-order valence-corrected chi connectivity index (χ2v) is 27.4. The van der Waals surface area contributed by atoms with Crippen molar-refractivity contribution in [1.82, 2.24) is 30.7 Å². The number of halogens is 1. The molecule has 2 fully saturated rings. The molecule has 1 aromatic heterocycles. The summed E-state index contributed by atoms with van der Waals surface area (Å²) >= 11 is 6.83. The number of aromatic nitrogens is 1. The lowest BCUT2D eigenvalue weighted by Gasteiger charge is -2.42. The van der Waals surface area contributed by atoms with E-state index in [0.29, 0.717) is 109 Å². The lowest BCUT2D eigenvalue weighted by atomic mass is 9.83. The number of benzene rings is 4. The average molecular weight is 1490 g/mol. The first-order valence-corrected chi connectivity index (χ1v) is 36.6. The summed E-state index contributed by atoms with van der Waals surface area (Å²) in [5, 5.41) is 24.3. The summed E-state index contributed by atoms with van der Waals surface area (Å²) < 4.78 is 64.7. The van der Waals surface area contributed by atoms with E-state index in [2.05, 4.69) is 68.3 Å². The molecule has 5 aromatic rings. The van der Waals surface area contributed by atoms with Gasteiger partial charge >= 0.3 is 18.2 Å². The Bertz CT molecular complexity index is 3780. The molecule has 1 aliphatic carbocycles. The van der Waals surface area contributed by atoms with Gasteiger partial charge in [-0.15, -0.1) is 0 Å². The molecule has 8 atom stereocenters. The van der Waals surface area contributed by atoms with Crippen molar-refractivity contribution in [2.75, 3.05) is 133 Å². The number of anilines is 1. The van der Waals surface area contributed by atoms with Crippen LogP contribution in [0.1, 0.15) is 100 Å². The molecule has 5 amide bonds. The maximum absolute atomic E-state index is 14.3. The molecule has 4 heterocycles. The second kappa shape index (κ2) is 41.3. The maximum atomic E-state index is 14.3. The number of fused-ring (bicyclic) bond motifs is 9. The van der Waals surface area contributed by atoms with E-state index in [1.807, 2.05) is 75.5 Å². The number of nitrogens with one attached hydrogen (secondary N) is 4. The first-order valence-electron chi connectivity index (χ1n) is 36.3. The third-order valence-corrected chi connectivity index (χ3v) is 19.9. The van der Waals surface area contributed by atoms with Crippen LogP contribution in [0, 0.1) is 12.8 Å². The van der Waals surface area contributed by atoms with Gasteiger partial charge in [0.2, 0.25) is 17.7 Å². The van der Waals surface area contributed by atoms with Crippen molar-refractivity contribution in [1.29, 1.82) is 0 Å². The average Bonchev–Trinajstić information content (AvgIpc) is 1.57. The van der Waals surface area contributed by atoms with Crippen molar-refractivity contribution in [3.05, 3.63) is 148 Å². The minimum Gasteiger partial charge on any atom is -0.457 e. The summed E-state index contributed by atoms with van der Waals surface area (Å²) in [4.78, 5) is 93.5. The number of esters is 1. The number of amides is 5. The number of likely N-dealkylation sites (N-methyl/N-ethyl adjacent to an activating group) is 1. The van der Waals surface area contributed by atoms with E-state index in [4.69, 9.17) is 63.7 Å². The first kappa shape index (κ1) is 83.5. The van der Waals surface area contributed by atoms with E-state index >= 15 is 0 Å². The Balaban J connectivity index is 0.000000638. The first-order chi connectivity index (χ1) is 51.0. The van der Waals surface area contributed by atoms with Gasteiger partial charge in [-0.05, 0) is 98.1 Å². The molecular weight excluding hydrogens is 1390 g/mol. The topological polar surface area (TPSA) is 304 Å². The van der Waals surface area contributed by atoms with Crippen LogP contribution >= 0.6 is 11.6 Å². The van der Waals surface area contributed by atoms with Crippen LogP contribution in [0.25, 0.3) is 22.0 Å². The molecule has 26 nitrogen and oxygen atoms in total. The highest BCUT2D eigenvalue weighted by Crippen LogP contribution is 2.50. The number of Topliss-reactive ketones (excluding diaryl/α,β-unsaturated/α-hetero) is 1. The van der Waals surface area contributed by atoms with Crippen LogP contribution in [0.3, 0.4) is 0 Å². The Hall–Kier alpha value is -8.12. The number of hydrogen-bond acceptors (Lipinski definition) is 20. The summed E-state index contributed by atoms with van der Waals surface area (Å²) in [6.45, 7) is 14.7. The number of epoxide rings is 1. The smallest absolute Gasteiger partial charge is 0.409 e. The summed E-state index contributed by atoms with van der Waals surface area (Å²) in [5.41, 5.74) is 7.12. The zero-order chi connectivity index (χ0) is 76.3. The van der Waals surface area contributed by atoms with Crippen molar-refractivity contribution in [3.8, 4) is 11.1 Å². The van der Waals surface area contributed by atoms with E-state index < -0.39 is 65.7 Å². The van der Waals surface area contributed by atoms with Gasteiger partial charge in [0, 0.05) is 96.6 Å². The predicted molar refractivity (Wildman–Crippen MR) is 399 cm³/mol. The molecule has 4 bridgehead atoms. The Labute approximate surface area is 626 Å². The molecule has 578 valence electrons. The molecule has 1 unspecified atom stereocenters. The van der Waals surface area contributed by atoms with Crippen LogP contribution in [-0.4, -0.2) is 226 Å². The number of para-hydroxylation sites is 1. The minimum absolute atomic E-state index is 0.0280. The van der Waals surface area contributed by atoms with Gasteiger partial charge in [-0.1, -0.05) is 115 Å². The number of ketones is 1. The SMILES string of the molecule is CNC(=O)OCC1c2ccccc2-c2ccccc21.CNCc1cc2ccccc2n1CCC(=O)CCC(=O)NCCOCCOCCOCCOCCOCCOCCC(=O)N(C)[C@@H](C)C(=O)O[C@H]1CC(=O)N(C)c2cc(cc(C)c2Cl)C/C(C)=C/C=C/[C@@H](OC)[C@]2(O)C[C@H](OC(=O)N2)[C@@H](C)C2O[C@]21C. The molecule has 106 heavy (non-hydrogen) atoms. The zero-order valence-electron chi connectivity index (χ0n) is 62.7. The third kappa shape index (κ3) is 23.4. The van der Waals surface area contributed by atoms with Crippen LogP contribution in [0.2, 0.25) is 5.02 Å². The van der Waals surface area contributed by atoms with Crippen LogP contribution in [0.4, 0.5) is 15.3 Å². The summed E-state index contributed by atoms with van der Waals surface area (Å²) in [7, 11) is 7.99. The Morgan fingerprint density at radius 1 is 0.792 bits per heavy atom. The lowest BCUT2D eigenvalue weighted by molar-refractivity contribution is -0.162. The largest absolute Gasteiger partial charge is 0.457 e. The number of hydrogen-bond donors (Lipinski definition) is 5. The number of allylic oxidation sites excluding steroid dienone is 3. The standard InChI is InChI=1S/C63H91ClN6O17.C16H15NO2/c1-42-13-12-16-53(78-9)63(77)40-52(85-61(76)67-63)44(3)59-62(5,87-59)54(39-57(74)69(8)51-37-46(35-42)36-43(2)58(51)64)86-60(75)45(4)68(7)56(73)20-23-79-25-27-81-29-31-83-33-34-84-32-30-82-28-26-80-24-21-66-55(72)18-17-49(71)19-22-70-48(41-65-6)38-47-14-10-11-15-50(47)70;1-17-16(18)19-10-15-13-8-4-2-6-11(13)12-7-3-5-9-14(12)15/h10-16,36-38,44-45,52-54,59,65,77H,17-35,39-41H2,1-9H3,(H,66,72)(H,67,76);2-9,15H,10H2,1H3,(H,17,18)/b16-12+,42-13+;/t44-,45+,52+,53-,54+,59?,62+,63-;/m1./s1. The second-order valence-electron chi connectivity index (χ2n) is 27.0.